The highest BCUT2D eigenvalue weighted by atomic mass is 32.2. The normalized spacial score (nSPS) is 11.9. The lowest BCUT2D eigenvalue weighted by Crippen LogP contribution is -2.20. The molecule has 17 heteroatoms. The number of nitrogen functional groups attached to an aromatic ring is 1. The Morgan fingerprint density at radius 3 is 2.76 bits per heavy atom. The van der Waals surface area contributed by atoms with Gasteiger partial charge in [-0.3, -0.25) is 4.79 Å². The number of aryl methyl sites for hydroxylation is 1. The molecule has 0 unspecified atom stereocenters. The molecule has 1 amide bonds. The number of alkyl halides is 3. The molecule has 0 radical (unpaired) electrons. The van der Waals surface area contributed by atoms with E-state index in [0.29, 0.717) is 5.16 Å². The van der Waals surface area contributed by atoms with Crippen LogP contribution in [0.15, 0.2) is 45.5 Å². The van der Waals surface area contributed by atoms with E-state index in [0.717, 1.165) is 17.0 Å². The van der Waals surface area contributed by atoms with E-state index < -0.39 is 17.6 Å². The number of nitrogens with two attached hydrogens (primary N) is 1. The van der Waals surface area contributed by atoms with Gasteiger partial charge in [-0.2, -0.15) is 23.0 Å². The summed E-state index contributed by atoms with van der Waals surface area (Å²) in [5.41, 5.74) is 6.84. The van der Waals surface area contributed by atoms with Crippen molar-refractivity contribution in [2.24, 2.45) is 12.1 Å². The lowest BCUT2D eigenvalue weighted by atomic mass is 10.1. The van der Waals surface area contributed by atoms with Crippen LogP contribution in [-0.2, 0) is 19.0 Å². The zero-order valence-electron chi connectivity index (χ0n) is 17.1. The zero-order valence-corrected chi connectivity index (χ0v) is 17.9. The number of carbonyl (C=O) groups excluding carboxylic acids is 1. The fourth-order valence-corrected chi connectivity index (χ4v) is 3.61. The second-order valence-corrected chi connectivity index (χ2v) is 7.51. The number of nitrogens with zero attached hydrogens (tertiary/aromatic N) is 9. The van der Waals surface area contributed by atoms with Crippen molar-refractivity contribution in [1.82, 2.24) is 45.5 Å². The van der Waals surface area contributed by atoms with Crippen LogP contribution in [0.1, 0.15) is 27.3 Å². The standard InChI is InChI=1S/C17H14F3N11O2S/c1-30-8-23-26-16(30)34-7-11-12(24-29-31(11)14-13(21)27-33-28-14)15(32)25-22-6-9-4-2-3-5-10(9)17(18,19)20/h2-6,8H,7H2,1H3,(H2,21,27)(H,25,32). The average molecular weight is 493 g/mol. The SMILES string of the molecule is Cn1cnnc1SCc1c(C(=O)NN=Cc2ccccc2C(F)(F)F)nnn1-c1nonc1N. The molecule has 4 aromatic rings. The highest BCUT2D eigenvalue weighted by molar-refractivity contribution is 7.98. The Bertz CT molecular complexity index is 1340. The van der Waals surface area contributed by atoms with Crippen molar-refractivity contribution in [2.45, 2.75) is 17.1 Å². The van der Waals surface area contributed by atoms with Crippen molar-refractivity contribution >= 4 is 29.7 Å². The lowest BCUT2D eigenvalue weighted by molar-refractivity contribution is -0.137. The first-order valence-electron chi connectivity index (χ1n) is 9.25. The van der Waals surface area contributed by atoms with Crippen molar-refractivity contribution in [1.29, 1.82) is 0 Å². The molecule has 13 nitrogen and oxygen atoms in total. The molecule has 0 bridgehead atoms. The van der Waals surface area contributed by atoms with Crippen molar-refractivity contribution in [3.8, 4) is 5.82 Å². The molecule has 0 aliphatic rings. The second-order valence-electron chi connectivity index (χ2n) is 6.57. The maximum atomic E-state index is 13.1. The van der Waals surface area contributed by atoms with Gasteiger partial charge in [0.1, 0.15) is 6.33 Å². The molecule has 1 aromatic carbocycles. The van der Waals surface area contributed by atoms with Crippen molar-refractivity contribution in [3.05, 3.63) is 53.1 Å². The molecule has 0 saturated carbocycles. The summed E-state index contributed by atoms with van der Waals surface area (Å²) in [6.07, 6.45) is -2.19. The lowest BCUT2D eigenvalue weighted by Gasteiger charge is -2.09. The van der Waals surface area contributed by atoms with E-state index >= 15 is 0 Å². The number of amides is 1. The molecular weight excluding hydrogens is 479 g/mol. The molecule has 34 heavy (non-hydrogen) atoms. The Morgan fingerprint density at radius 1 is 1.29 bits per heavy atom. The van der Waals surface area contributed by atoms with Gasteiger partial charge < -0.3 is 10.3 Å². The highest BCUT2D eigenvalue weighted by Gasteiger charge is 2.32. The number of rotatable bonds is 7. The maximum absolute atomic E-state index is 13.1. The van der Waals surface area contributed by atoms with Gasteiger partial charge >= 0.3 is 6.18 Å². The summed E-state index contributed by atoms with van der Waals surface area (Å²) in [6, 6.07) is 4.80. The van der Waals surface area contributed by atoms with Gasteiger partial charge in [-0.15, -0.1) is 15.3 Å². The molecule has 0 aliphatic heterocycles. The van der Waals surface area contributed by atoms with Gasteiger partial charge in [0.2, 0.25) is 11.6 Å². The summed E-state index contributed by atoms with van der Waals surface area (Å²) >= 11 is 1.21. The molecule has 3 heterocycles. The summed E-state index contributed by atoms with van der Waals surface area (Å²) in [5.74, 6) is -0.795. The van der Waals surface area contributed by atoms with Gasteiger partial charge in [-0.25, -0.2) is 10.1 Å². The first kappa shape index (κ1) is 22.9. The Balaban J connectivity index is 1.59. The number of anilines is 1. The molecular formula is C17H14F3N11O2S. The van der Waals surface area contributed by atoms with Gasteiger partial charge in [-0.05, 0) is 16.4 Å². The topological polar surface area (TPSA) is 168 Å². The smallest absolute Gasteiger partial charge is 0.378 e. The minimum Gasteiger partial charge on any atom is -0.378 e. The van der Waals surface area contributed by atoms with Crippen LogP contribution in [0, 0.1) is 0 Å². The molecule has 3 aromatic heterocycles. The molecule has 0 spiro atoms. The number of carbonyl (C=O) groups is 1. The maximum Gasteiger partial charge on any atom is 0.417 e. The number of halogens is 3. The molecule has 0 atom stereocenters. The van der Waals surface area contributed by atoms with E-state index in [4.69, 9.17) is 5.73 Å². The van der Waals surface area contributed by atoms with Gasteiger partial charge in [0.25, 0.3) is 5.91 Å². The largest absolute Gasteiger partial charge is 0.417 e. The van der Waals surface area contributed by atoms with Crippen LogP contribution in [0.4, 0.5) is 19.0 Å². The number of aromatic nitrogens is 8. The first-order valence-corrected chi connectivity index (χ1v) is 10.2. The van der Waals surface area contributed by atoms with Crippen LogP contribution >= 0.6 is 11.8 Å². The Labute approximate surface area is 192 Å². The summed E-state index contributed by atoms with van der Waals surface area (Å²) in [7, 11) is 1.73. The summed E-state index contributed by atoms with van der Waals surface area (Å²) in [6.45, 7) is 0. The minimum absolute atomic E-state index is 0.00252. The number of hydrazone groups is 1. The Kier molecular flexibility index (Phi) is 6.26. The molecule has 4 rings (SSSR count). The van der Waals surface area contributed by atoms with Gasteiger partial charge in [0.05, 0.1) is 17.5 Å². The average Bonchev–Trinajstić information content (AvgIpc) is 3.51. The fraction of sp³-hybridized carbons (Fsp3) is 0.176. The number of benzene rings is 1. The monoisotopic (exact) mass is 493 g/mol. The number of nitrogens with one attached hydrogen (secondary N) is 1. The van der Waals surface area contributed by atoms with Crippen LogP contribution in [-0.4, -0.2) is 52.2 Å². The third-order valence-corrected chi connectivity index (χ3v) is 5.36. The number of thioether (sulfide) groups is 1. The molecule has 0 aliphatic carbocycles. The summed E-state index contributed by atoms with van der Waals surface area (Å²) in [5, 5.41) is 26.8. The third-order valence-electron chi connectivity index (χ3n) is 4.32. The van der Waals surface area contributed by atoms with Crippen LogP contribution in [0.3, 0.4) is 0 Å². The molecule has 3 N–H and O–H groups in total. The second kappa shape index (κ2) is 9.30. The van der Waals surface area contributed by atoms with Gasteiger partial charge in [-0.1, -0.05) is 35.2 Å². The van der Waals surface area contributed by atoms with Crippen molar-refractivity contribution in [3.63, 3.8) is 0 Å². The van der Waals surface area contributed by atoms with E-state index in [9.17, 15) is 18.0 Å². The molecule has 176 valence electrons. The van der Waals surface area contributed by atoms with Crippen molar-refractivity contribution < 1.29 is 22.6 Å². The van der Waals surface area contributed by atoms with E-state index in [1.54, 1.807) is 11.6 Å². The Hall–Kier alpha value is -4.28. The highest BCUT2D eigenvalue weighted by Crippen LogP contribution is 2.31. The fourth-order valence-electron chi connectivity index (χ4n) is 2.73. The number of hydrogen-bond donors (Lipinski definition) is 2. The molecule has 0 fully saturated rings. The quantitative estimate of drug-likeness (QED) is 0.218. The van der Waals surface area contributed by atoms with Gasteiger partial charge in [0.15, 0.2) is 10.9 Å². The zero-order chi connectivity index (χ0) is 24.3. The van der Waals surface area contributed by atoms with Crippen molar-refractivity contribution in [2.75, 3.05) is 5.73 Å². The third kappa shape index (κ3) is 4.72. The molecule has 0 saturated heterocycles. The van der Waals surface area contributed by atoms with Gasteiger partial charge in [0, 0.05) is 18.4 Å². The minimum atomic E-state index is -4.58. The van der Waals surface area contributed by atoms with E-state index in [2.05, 4.69) is 46.0 Å². The van der Waals surface area contributed by atoms with Crippen LogP contribution < -0.4 is 11.2 Å². The van der Waals surface area contributed by atoms with Crippen LogP contribution in [0.2, 0.25) is 0 Å². The van der Waals surface area contributed by atoms with E-state index in [1.165, 1.54) is 36.3 Å². The number of hydrogen-bond acceptors (Lipinski definition) is 11. The van der Waals surface area contributed by atoms with Crippen LogP contribution in [0.5, 0.6) is 0 Å². The first-order chi connectivity index (χ1) is 16.3. The van der Waals surface area contributed by atoms with E-state index in [-0.39, 0.29) is 34.3 Å². The Morgan fingerprint density at radius 2 is 2.09 bits per heavy atom. The predicted octanol–water partition coefficient (Wildman–Crippen LogP) is 1.44. The van der Waals surface area contributed by atoms with Crippen LogP contribution in [0.25, 0.3) is 5.82 Å². The summed E-state index contributed by atoms with van der Waals surface area (Å²) < 4.78 is 46.8. The van der Waals surface area contributed by atoms with E-state index in [1.807, 2.05) is 0 Å². The summed E-state index contributed by atoms with van der Waals surface area (Å²) in [4.78, 5) is 12.7. The predicted molar refractivity (Wildman–Crippen MR) is 111 cm³/mol.